The second kappa shape index (κ2) is 7.90. The molecular formula is C15H16N2O4S. The fraction of sp³-hybridized carbons (Fsp3) is 0.200. The highest BCUT2D eigenvalue weighted by atomic mass is 32.2. The predicted octanol–water partition coefficient (Wildman–Crippen LogP) is 5.16. The standard InChI is InChI=1S/C15H16N2O4S/c1-10-8-11(2)15(19-3)9-14(10)17-16-12-4-6-13(7-5-12)22-21-20-18/h4-9,18H,1-3H3. The van der Waals surface area contributed by atoms with Gasteiger partial charge >= 0.3 is 0 Å². The molecule has 0 aliphatic rings. The first-order valence-electron chi connectivity index (χ1n) is 6.46. The largest absolute Gasteiger partial charge is 0.496 e. The molecule has 0 fully saturated rings. The number of aryl methyl sites for hydroxylation is 2. The third kappa shape index (κ3) is 4.28. The van der Waals surface area contributed by atoms with Crippen molar-refractivity contribution >= 4 is 23.4 Å². The molecule has 6 nitrogen and oxygen atoms in total. The van der Waals surface area contributed by atoms with Gasteiger partial charge in [0.05, 0.1) is 30.5 Å². The van der Waals surface area contributed by atoms with E-state index < -0.39 is 0 Å². The Labute approximate surface area is 132 Å². The molecule has 0 bridgehead atoms. The van der Waals surface area contributed by atoms with Gasteiger partial charge in [-0.3, -0.25) is 0 Å². The number of benzene rings is 2. The lowest BCUT2D eigenvalue weighted by Gasteiger charge is -2.07. The first-order valence-corrected chi connectivity index (χ1v) is 7.20. The average molecular weight is 320 g/mol. The number of methoxy groups -OCH3 is 1. The van der Waals surface area contributed by atoms with E-state index in [1.807, 2.05) is 26.0 Å². The SMILES string of the molecule is COc1cc(N=Nc2ccc(SOOO)cc2)c(C)cc1C. The van der Waals surface area contributed by atoms with Crippen molar-refractivity contribution in [3.05, 3.63) is 47.5 Å². The molecule has 0 radical (unpaired) electrons. The van der Waals surface area contributed by atoms with Crippen molar-refractivity contribution in [1.82, 2.24) is 0 Å². The molecule has 0 aromatic heterocycles. The maximum atomic E-state index is 8.09. The molecule has 0 aliphatic heterocycles. The number of hydrogen-bond acceptors (Lipinski definition) is 7. The van der Waals surface area contributed by atoms with E-state index in [0.29, 0.717) is 5.69 Å². The normalized spacial score (nSPS) is 11.1. The number of ether oxygens (including phenoxy) is 1. The first kappa shape index (κ1) is 16.4. The van der Waals surface area contributed by atoms with Crippen LogP contribution in [0, 0.1) is 13.8 Å². The van der Waals surface area contributed by atoms with Gasteiger partial charge in [0.25, 0.3) is 0 Å². The van der Waals surface area contributed by atoms with Crippen LogP contribution in [0.25, 0.3) is 0 Å². The van der Waals surface area contributed by atoms with Crippen LogP contribution in [0.5, 0.6) is 5.75 Å². The van der Waals surface area contributed by atoms with Gasteiger partial charge in [-0.25, -0.2) is 5.26 Å². The van der Waals surface area contributed by atoms with Gasteiger partial charge in [0.1, 0.15) is 5.75 Å². The molecule has 2 rings (SSSR count). The van der Waals surface area contributed by atoms with Crippen molar-refractivity contribution in [3.63, 3.8) is 0 Å². The third-order valence-electron chi connectivity index (χ3n) is 2.98. The lowest BCUT2D eigenvalue weighted by molar-refractivity contribution is -0.432. The molecule has 0 saturated heterocycles. The Morgan fingerprint density at radius 3 is 2.36 bits per heavy atom. The lowest BCUT2D eigenvalue weighted by Crippen LogP contribution is -1.87. The van der Waals surface area contributed by atoms with E-state index in [1.54, 1.807) is 31.4 Å². The van der Waals surface area contributed by atoms with Gasteiger partial charge in [-0.05, 0) is 49.2 Å². The van der Waals surface area contributed by atoms with Crippen LogP contribution in [-0.2, 0) is 9.37 Å². The molecule has 0 atom stereocenters. The Kier molecular flexibility index (Phi) is 5.91. The molecular weight excluding hydrogens is 304 g/mol. The van der Waals surface area contributed by atoms with Gasteiger partial charge in [0.2, 0.25) is 0 Å². The zero-order valence-electron chi connectivity index (χ0n) is 12.4. The minimum Gasteiger partial charge on any atom is -0.496 e. The van der Waals surface area contributed by atoms with E-state index in [0.717, 1.165) is 39.5 Å². The van der Waals surface area contributed by atoms with E-state index in [9.17, 15) is 0 Å². The van der Waals surface area contributed by atoms with E-state index in [-0.39, 0.29) is 0 Å². The van der Waals surface area contributed by atoms with Gasteiger partial charge in [-0.2, -0.15) is 10.2 Å². The van der Waals surface area contributed by atoms with Gasteiger partial charge < -0.3 is 4.74 Å². The summed E-state index contributed by atoms with van der Waals surface area (Å²) in [5.41, 5.74) is 3.56. The molecule has 1 N–H and O–H groups in total. The Balaban J connectivity index is 2.14. The van der Waals surface area contributed by atoms with Crippen LogP contribution in [0.15, 0.2) is 51.5 Å². The monoisotopic (exact) mass is 320 g/mol. The molecule has 0 heterocycles. The van der Waals surface area contributed by atoms with E-state index in [2.05, 4.69) is 19.6 Å². The van der Waals surface area contributed by atoms with Crippen LogP contribution < -0.4 is 4.74 Å². The minimum absolute atomic E-state index is 0.702. The summed E-state index contributed by atoms with van der Waals surface area (Å²) in [7, 11) is 1.63. The summed E-state index contributed by atoms with van der Waals surface area (Å²) in [4.78, 5) is 0.765. The molecule has 2 aromatic rings. The van der Waals surface area contributed by atoms with Crippen LogP contribution in [0.2, 0.25) is 0 Å². The highest BCUT2D eigenvalue weighted by Gasteiger charge is 2.04. The van der Waals surface area contributed by atoms with Crippen LogP contribution >= 0.6 is 12.0 Å². The summed E-state index contributed by atoms with van der Waals surface area (Å²) in [5.74, 6) is 0.785. The van der Waals surface area contributed by atoms with Gasteiger partial charge in [-0.15, -0.1) is 4.33 Å². The average Bonchev–Trinajstić information content (AvgIpc) is 2.53. The molecule has 0 aliphatic carbocycles. The van der Waals surface area contributed by atoms with Gasteiger partial charge in [-0.1, -0.05) is 11.1 Å². The third-order valence-corrected chi connectivity index (χ3v) is 3.58. The van der Waals surface area contributed by atoms with Crippen molar-refractivity contribution in [1.29, 1.82) is 0 Å². The molecule has 116 valence electrons. The van der Waals surface area contributed by atoms with Crippen LogP contribution in [0.4, 0.5) is 11.4 Å². The zero-order valence-corrected chi connectivity index (χ0v) is 13.3. The van der Waals surface area contributed by atoms with E-state index >= 15 is 0 Å². The van der Waals surface area contributed by atoms with Crippen molar-refractivity contribution in [2.45, 2.75) is 18.7 Å². The molecule has 0 amide bonds. The Hall–Kier alpha value is -1.93. The smallest absolute Gasteiger partial charge is 0.124 e. The predicted molar refractivity (Wildman–Crippen MR) is 83.7 cm³/mol. The van der Waals surface area contributed by atoms with E-state index in [4.69, 9.17) is 9.99 Å². The maximum Gasteiger partial charge on any atom is 0.124 e. The lowest BCUT2D eigenvalue weighted by atomic mass is 10.1. The Bertz CT molecular complexity index is 659. The van der Waals surface area contributed by atoms with Gasteiger partial charge in [0, 0.05) is 11.0 Å². The quantitative estimate of drug-likeness (QED) is 0.344. The molecule has 22 heavy (non-hydrogen) atoms. The zero-order chi connectivity index (χ0) is 15.9. The van der Waals surface area contributed by atoms with Gasteiger partial charge in [0.15, 0.2) is 0 Å². The molecule has 0 saturated carbocycles. The summed E-state index contributed by atoms with van der Waals surface area (Å²) in [6, 6.07) is 11.0. The second-order valence-corrected chi connectivity index (χ2v) is 5.30. The van der Waals surface area contributed by atoms with Crippen molar-refractivity contribution in [2.24, 2.45) is 10.2 Å². The number of hydrogen-bond donors (Lipinski definition) is 1. The van der Waals surface area contributed by atoms with Crippen LogP contribution in [0.3, 0.4) is 0 Å². The summed E-state index contributed by atoms with van der Waals surface area (Å²) >= 11 is 0.892. The molecule has 0 spiro atoms. The molecule has 7 heteroatoms. The number of nitrogens with zero attached hydrogens (tertiary/aromatic N) is 2. The van der Waals surface area contributed by atoms with Crippen LogP contribution in [0.1, 0.15) is 11.1 Å². The maximum absolute atomic E-state index is 8.09. The van der Waals surface area contributed by atoms with Crippen molar-refractivity contribution < 1.29 is 19.4 Å². The Morgan fingerprint density at radius 2 is 1.73 bits per heavy atom. The van der Waals surface area contributed by atoms with E-state index in [1.165, 1.54) is 0 Å². The Morgan fingerprint density at radius 1 is 1.00 bits per heavy atom. The highest BCUT2D eigenvalue weighted by molar-refractivity contribution is 7.94. The van der Waals surface area contributed by atoms with Crippen molar-refractivity contribution in [3.8, 4) is 5.75 Å². The highest BCUT2D eigenvalue weighted by Crippen LogP contribution is 2.30. The number of azo groups is 1. The topological polar surface area (TPSA) is 72.6 Å². The minimum atomic E-state index is 0.702. The summed E-state index contributed by atoms with van der Waals surface area (Å²) in [6.45, 7) is 3.97. The summed E-state index contributed by atoms with van der Waals surface area (Å²) in [6.07, 6.45) is 0. The first-order chi connectivity index (χ1) is 10.6. The number of rotatable bonds is 6. The van der Waals surface area contributed by atoms with Crippen LogP contribution in [-0.4, -0.2) is 12.4 Å². The summed E-state index contributed by atoms with van der Waals surface area (Å²) < 4.78 is 9.64. The fourth-order valence-electron chi connectivity index (χ4n) is 1.88. The second-order valence-electron chi connectivity index (χ2n) is 4.53. The fourth-order valence-corrected chi connectivity index (χ4v) is 2.24. The van der Waals surface area contributed by atoms with Crippen molar-refractivity contribution in [2.75, 3.05) is 7.11 Å². The summed E-state index contributed by atoms with van der Waals surface area (Å²) in [5, 5.41) is 20.1. The molecule has 2 aromatic carbocycles. The molecule has 0 unspecified atom stereocenters.